The molecule has 6 heteroatoms. The zero-order valence-electron chi connectivity index (χ0n) is 9.37. The van der Waals surface area contributed by atoms with E-state index in [2.05, 4.69) is 36.5 Å². The molecule has 92 valence electrons. The van der Waals surface area contributed by atoms with Gasteiger partial charge in [-0.2, -0.15) is 0 Å². The molecule has 2 unspecified atom stereocenters. The summed E-state index contributed by atoms with van der Waals surface area (Å²) in [6, 6.07) is 1.68. The zero-order chi connectivity index (χ0) is 11.8. The molecule has 3 rings (SSSR count). The third-order valence-corrected chi connectivity index (χ3v) is 4.35. The summed E-state index contributed by atoms with van der Waals surface area (Å²) in [5.74, 6) is 0.653. The lowest BCUT2D eigenvalue weighted by atomic mass is 10.00. The predicted octanol–water partition coefficient (Wildman–Crippen LogP) is 1.23. The second-order valence-corrected chi connectivity index (χ2v) is 5.64. The summed E-state index contributed by atoms with van der Waals surface area (Å²) in [5, 5.41) is 6.96. The van der Waals surface area contributed by atoms with Crippen molar-refractivity contribution in [1.29, 1.82) is 0 Å². The fourth-order valence-corrected chi connectivity index (χ4v) is 3.18. The van der Waals surface area contributed by atoms with Crippen LogP contribution in [0.3, 0.4) is 0 Å². The van der Waals surface area contributed by atoms with Gasteiger partial charge in [-0.3, -0.25) is 4.79 Å². The molecule has 2 aliphatic heterocycles. The van der Waals surface area contributed by atoms with Gasteiger partial charge in [0, 0.05) is 18.1 Å². The number of hydrogen-bond acceptors (Lipinski definition) is 4. The van der Waals surface area contributed by atoms with Crippen molar-refractivity contribution >= 4 is 21.7 Å². The van der Waals surface area contributed by atoms with Crippen LogP contribution >= 0.6 is 15.9 Å². The van der Waals surface area contributed by atoms with E-state index in [0.717, 1.165) is 12.8 Å². The van der Waals surface area contributed by atoms with Crippen LogP contribution in [0.1, 0.15) is 25.7 Å². The number of halogens is 1. The maximum absolute atomic E-state index is 11.4. The van der Waals surface area contributed by atoms with Gasteiger partial charge in [0.2, 0.25) is 0 Å². The topological polar surface area (TPSA) is 69.8 Å². The number of hydrogen-bond donors (Lipinski definition) is 3. The summed E-state index contributed by atoms with van der Waals surface area (Å²) >= 11 is 3.27. The van der Waals surface area contributed by atoms with E-state index in [1.165, 1.54) is 19.2 Å². The summed E-state index contributed by atoms with van der Waals surface area (Å²) in [5.41, 5.74) is -0.139. The number of nitrogens with zero attached hydrogens (tertiary/aromatic N) is 1. The Morgan fingerprint density at radius 1 is 1.35 bits per heavy atom. The van der Waals surface area contributed by atoms with Crippen molar-refractivity contribution in [3.05, 3.63) is 21.2 Å². The molecule has 3 N–H and O–H groups in total. The first-order chi connectivity index (χ1) is 8.22. The van der Waals surface area contributed by atoms with E-state index in [4.69, 9.17) is 0 Å². The predicted molar refractivity (Wildman–Crippen MR) is 69.1 cm³/mol. The lowest BCUT2D eigenvalue weighted by Gasteiger charge is -2.30. The van der Waals surface area contributed by atoms with E-state index < -0.39 is 0 Å². The largest absolute Gasteiger partial charge is 0.366 e. The summed E-state index contributed by atoms with van der Waals surface area (Å²) in [4.78, 5) is 18.1. The molecule has 0 saturated carbocycles. The van der Waals surface area contributed by atoms with Crippen LogP contribution in [0.5, 0.6) is 0 Å². The maximum atomic E-state index is 11.4. The van der Waals surface area contributed by atoms with E-state index in [1.807, 2.05) is 0 Å². The van der Waals surface area contributed by atoms with Crippen molar-refractivity contribution in [3.63, 3.8) is 0 Å². The SMILES string of the molecule is O=c1[nH]cnc(NC2CC3CCC(C2)N3)c1Br. The highest BCUT2D eigenvalue weighted by Gasteiger charge is 2.33. The second kappa shape index (κ2) is 4.42. The van der Waals surface area contributed by atoms with Gasteiger partial charge in [-0.1, -0.05) is 0 Å². The zero-order valence-corrected chi connectivity index (χ0v) is 11.0. The molecular formula is C11H15BrN4O. The Kier molecular flexibility index (Phi) is 2.92. The first kappa shape index (κ1) is 11.2. The number of nitrogens with one attached hydrogen (secondary N) is 3. The van der Waals surface area contributed by atoms with Gasteiger partial charge < -0.3 is 15.6 Å². The fraction of sp³-hybridized carbons (Fsp3) is 0.636. The van der Waals surface area contributed by atoms with Gasteiger partial charge in [0.1, 0.15) is 10.3 Å². The smallest absolute Gasteiger partial charge is 0.267 e. The first-order valence-electron chi connectivity index (χ1n) is 5.98. The van der Waals surface area contributed by atoms with Crippen LogP contribution < -0.4 is 16.2 Å². The summed E-state index contributed by atoms with van der Waals surface area (Å²) in [6.07, 6.45) is 6.19. The maximum Gasteiger partial charge on any atom is 0.267 e. The third kappa shape index (κ3) is 2.24. The van der Waals surface area contributed by atoms with E-state index in [-0.39, 0.29) is 5.56 Å². The van der Waals surface area contributed by atoms with Gasteiger partial charge >= 0.3 is 0 Å². The molecule has 2 aliphatic rings. The number of aromatic amines is 1. The van der Waals surface area contributed by atoms with Gasteiger partial charge in [0.25, 0.3) is 5.56 Å². The van der Waals surface area contributed by atoms with Crippen LogP contribution in [0.25, 0.3) is 0 Å². The monoisotopic (exact) mass is 298 g/mol. The van der Waals surface area contributed by atoms with Gasteiger partial charge in [-0.15, -0.1) is 0 Å². The average Bonchev–Trinajstić information content (AvgIpc) is 2.65. The normalized spacial score (nSPS) is 31.5. The molecular weight excluding hydrogens is 284 g/mol. The quantitative estimate of drug-likeness (QED) is 0.768. The van der Waals surface area contributed by atoms with Crippen LogP contribution in [0, 0.1) is 0 Å². The molecule has 17 heavy (non-hydrogen) atoms. The van der Waals surface area contributed by atoms with Crippen LogP contribution in [0.15, 0.2) is 15.6 Å². The third-order valence-electron chi connectivity index (χ3n) is 3.61. The van der Waals surface area contributed by atoms with Crippen molar-refractivity contribution in [1.82, 2.24) is 15.3 Å². The number of H-pyrrole nitrogens is 1. The molecule has 5 nitrogen and oxygen atoms in total. The Labute approximate surface area is 108 Å². The number of fused-ring (bicyclic) bond motifs is 2. The van der Waals surface area contributed by atoms with Crippen molar-refractivity contribution in [2.24, 2.45) is 0 Å². The Hall–Kier alpha value is -0.880. The van der Waals surface area contributed by atoms with Crippen LogP contribution in [-0.4, -0.2) is 28.1 Å². The lowest BCUT2D eigenvalue weighted by Crippen LogP contribution is -2.43. The minimum Gasteiger partial charge on any atom is -0.366 e. The molecule has 0 aromatic carbocycles. The Bertz CT molecular complexity index is 463. The number of aromatic nitrogens is 2. The van der Waals surface area contributed by atoms with Crippen LogP contribution in [0.4, 0.5) is 5.82 Å². The molecule has 0 aliphatic carbocycles. The molecule has 2 fully saturated rings. The molecule has 1 aromatic rings. The minimum absolute atomic E-state index is 0.139. The number of piperidine rings is 1. The Morgan fingerprint density at radius 3 is 2.76 bits per heavy atom. The Balaban J connectivity index is 1.75. The van der Waals surface area contributed by atoms with Crippen LogP contribution in [-0.2, 0) is 0 Å². The standard InChI is InChI=1S/C11H15BrN4O/c12-9-10(13-5-14-11(9)17)16-8-3-6-1-2-7(4-8)15-6/h5-8,15H,1-4H2,(H2,13,14,16,17). The van der Waals surface area contributed by atoms with Crippen molar-refractivity contribution < 1.29 is 0 Å². The minimum atomic E-state index is -0.139. The molecule has 1 aromatic heterocycles. The summed E-state index contributed by atoms with van der Waals surface area (Å²) in [6.45, 7) is 0. The van der Waals surface area contributed by atoms with Crippen LogP contribution in [0.2, 0.25) is 0 Å². The Morgan fingerprint density at radius 2 is 2.06 bits per heavy atom. The lowest BCUT2D eigenvalue weighted by molar-refractivity contribution is 0.377. The average molecular weight is 299 g/mol. The highest BCUT2D eigenvalue weighted by atomic mass is 79.9. The number of rotatable bonds is 2. The fourth-order valence-electron chi connectivity index (χ4n) is 2.85. The summed E-state index contributed by atoms with van der Waals surface area (Å²) in [7, 11) is 0. The second-order valence-electron chi connectivity index (χ2n) is 4.84. The highest BCUT2D eigenvalue weighted by molar-refractivity contribution is 9.10. The van der Waals surface area contributed by atoms with Gasteiger partial charge in [0.15, 0.2) is 0 Å². The van der Waals surface area contributed by atoms with E-state index in [9.17, 15) is 4.79 Å². The molecule has 0 amide bonds. The molecule has 2 saturated heterocycles. The molecule has 0 radical (unpaired) electrons. The molecule has 2 bridgehead atoms. The van der Waals surface area contributed by atoms with E-state index in [1.54, 1.807) is 0 Å². The van der Waals surface area contributed by atoms with Crippen molar-refractivity contribution in [2.45, 2.75) is 43.8 Å². The van der Waals surface area contributed by atoms with Crippen molar-refractivity contribution in [2.75, 3.05) is 5.32 Å². The molecule has 2 atom stereocenters. The van der Waals surface area contributed by atoms with E-state index in [0.29, 0.717) is 28.4 Å². The number of anilines is 1. The first-order valence-corrected chi connectivity index (χ1v) is 6.77. The van der Waals surface area contributed by atoms with Gasteiger partial charge in [-0.05, 0) is 41.6 Å². The molecule has 3 heterocycles. The van der Waals surface area contributed by atoms with Gasteiger partial charge in [0.05, 0.1) is 6.33 Å². The molecule has 0 spiro atoms. The van der Waals surface area contributed by atoms with Crippen molar-refractivity contribution in [3.8, 4) is 0 Å². The summed E-state index contributed by atoms with van der Waals surface area (Å²) < 4.78 is 0.492. The highest BCUT2D eigenvalue weighted by Crippen LogP contribution is 2.29. The van der Waals surface area contributed by atoms with Gasteiger partial charge in [-0.25, -0.2) is 4.98 Å². The van der Waals surface area contributed by atoms with E-state index >= 15 is 0 Å².